The summed E-state index contributed by atoms with van der Waals surface area (Å²) in [4.78, 5) is 5.54. The normalized spacial score (nSPS) is 22.6. The summed E-state index contributed by atoms with van der Waals surface area (Å²) in [6.07, 6.45) is 8.91. The van der Waals surface area contributed by atoms with Crippen LogP contribution in [0.4, 0.5) is 0 Å². The molecule has 1 aliphatic heterocycles. The van der Waals surface area contributed by atoms with E-state index in [0.717, 1.165) is 18.5 Å². The van der Waals surface area contributed by atoms with Gasteiger partial charge in [-0.3, -0.25) is 0 Å². The van der Waals surface area contributed by atoms with Crippen LogP contribution in [0.2, 0.25) is 0 Å². The average Bonchev–Trinajstić information content (AvgIpc) is 3.07. The fourth-order valence-corrected chi connectivity index (χ4v) is 4.76. The average molecular weight is 292 g/mol. The van der Waals surface area contributed by atoms with Crippen LogP contribution >= 0.6 is 11.3 Å². The van der Waals surface area contributed by atoms with Gasteiger partial charge in [0.15, 0.2) is 0 Å². The second-order valence-corrected chi connectivity index (χ2v) is 8.11. The van der Waals surface area contributed by atoms with Gasteiger partial charge in [-0.1, -0.05) is 12.8 Å². The third kappa shape index (κ3) is 3.63. The second kappa shape index (κ2) is 6.59. The molecule has 1 spiro atoms. The lowest BCUT2D eigenvalue weighted by atomic mass is 9.77. The zero-order valence-corrected chi connectivity index (χ0v) is 13.6. The minimum absolute atomic E-state index is 0.762. The summed E-state index contributed by atoms with van der Waals surface area (Å²) in [7, 11) is 0. The van der Waals surface area contributed by atoms with Gasteiger partial charge in [0.1, 0.15) is 0 Å². The van der Waals surface area contributed by atoms with Crippen molar-refractivity contribution in [3.63, 3.8) is 0 Å². The summed E-state index contributed by atoms with van der Waals surface area (Å²) < 4.78 is 0. The SMILES string of the molecule is Cc1ccc(CNCCN2CCC3(CCCC3)CC2)s1. The number of likely N-dealkylation sites (tertiary alicyclic amines) is 1. The fraction of sp³-hybridized carbons (Fsp3) is 0.765. The van der Waals surface area contributed by atoms with E-state index < -0.39 is 0 Å². The van der Waals surface area contributed by atoms with Crippen LogP contribution in [-0.4, -0.2) is 31.1 Å². The summed E-state index contributed by atoms with van der Waals surface area (Å²) in [5, 5.41) is 3.59. The Labute approximate surface area is 127 Å². The highest BCUT2D eigenvalue weighted by Gasteiger charge is 2.36. The molecule has 112 valence electrons. The molecule has 2 nitrogen and oxygen atoms in total. The molecule has 0 atom stereocenters. The lowest BCUT2D eigenvalue weighted by Gasteiger charge is -2.39. The maximum absolute atomic E-state index is 3.59. The molecule has 0 radical (unpaired) electrons. The number of hydrogen-bond donors (Lipinski definition) is 1. The molecule has 3 rings (SSSR count). The molecule has 0 bridgehead atoms. The predicted molar refractivity (Wildman–Crippen MR) is 87.3 cm³/mol. The Bertz CT molecular complexity index is 410. The van der Waals surface area contributed by atoms with Gasteiger partial charge in [-0.2, -0.15) is 0 Å². The molecule has 0 unspecified atom stereocenters. The monoisotopic (exact) mass is 292 g/mol. The molecule has 0 amide bonds. The van der Waals surface area contributed by atoms with Gasteiger partial charge in [0.25, 0.3) is 0 Å². The van der Waals surface area contributed by atoms with E-state index in [4.69, 9.17) is 0 Å². The third-order valence-corrected chi connectivity index (χ3v) is 6.28. The van der Waals surface area contributed by atoms with Crippen LogP contribution in [0.25, 0.3) is 0 Å². The highest BCUT2D eigenvalue weighted by Crippen LogP contribution is 2.45. The van der Waals surface area contributed by atoms with E-state index in [1.165, 1.54) is 67.9 Å². The minimum atomic E-state index is 0.762. The zero-order valence-electron chi connectivity index (χ0n) is 12.8. The lowest BCUT2D eigenvalue weighted by molar-refractivity contribution is 0.109. The van der Waals surface area contributed by atoms with Crippen molar-refractivity contribution >= 4 is 11.3 Å². The van der Waals surface area contributed by atoms with Crippen molar-refractivity contribution in [3.8, 4) is 0 Å². The molecule has 1 aromatic rings. The number of rotatable bonds is 5. The summed E-state index contributed by atoms with van der Waals surface area (Å²) >= 11 is 1.91. The van der Waals surface area contributed by atoms with Gasteiger partial charge in [-0.05, 0) is 63.2 Å². The van der Waals surface area contributed by atoms with E-state index in [2.05, 4.69) is 29.3 Å². The van der Waals surface area contributed by atoms with Gasteiger partial charge in [-0.25, -0.2) is 0 Å². The van der Waals surface area contributed by atoms with E-state index >= 15 is 0 Å². The van der Waals surface area contributed by atoms with Gasteiger partial charge in [0.05, 0.1) is 0 Å². The first kappa shape index (κ1) is 14.6. The van der Waals surface area contributed by atoms with Crippen LogP contribution in [0.5, 0.6) is 0 Å². The van der Waals surface area contributed by atoms with Gasteiger partial charge in [0, 0.05) is 29.4 Å². The molecular weight excluding hydrogens is 264 g/mol. The number of aryl methyl sites for hydroxylation is 1. The van der Waals surface area contributed by atoms with E-state index in [-0.39, 0.29) is 0 Å². The number of piperidine rings is 1. The molecule has 2 fully saturated rings. The molecule has 3 heteroatoms. The molecule has 1 aliphatic carbocycles. The van der Waals surface area contributed by atoms with Gasteiger partial charge in [0.2, 0.25) is 0 Å². The van der Waals surface area contributed by atoms with Crippen LogP contribution in [-0.2, 0) is 6.54 Å². The smallest absolute Gasteiger partial charge is 0.0300 e. The fourth-order valence-electron chi connectivity index (χ4n) is 3.90. The Balaban J connectivity index is 1.32. The molecule has 2 aliphatic rings. The van der Waals surface area contributed by atoms with Crippen molar-refractivity contribution in [1.29, 1.82) is 0 Å². The van der Waals surface area contributed by atoms with Crippen LogP contribution in [0, 0.1) is 12.3 Å². The Morgan fingerprint density at radius 1 is 1.15 bits per heavy atom. The quantitative estimate of drug-likeness (QED) is 0.830. The third-order valence-electron chi connectivity index (χ3n) is 5.28. The molecule has 0 aromatic carbocycles. The molecule has 1 aromatic heterocycles. The topological polar surface area (TPSA) is 15.3 Å². The Morgan fingerprint density at radius 3 is 2.55 bits per heavy atom. The minimum Gasteiger partial charge on any atom is -0.311 e. The molecule has 1 saturated heterocycles. The number of nitrogens with zero attached hydrogens (tertiary/aromatic N) is 1. The van der Waals surface area contributed by atoms with Crippen molar-refractivity contribution in [1.82, 2.24) is 10.2 Å². The largest absolute Gasteiger partial charge is 0.311 e. The number of thiophene rings is 1. The van der Waals surface area contributed by atoms with Crippen molar-refractivity contribution < 1.29 is 0 Å². The predicted octanol–water partition coefficient (Wildman–Crippen LogP) is 3.80. The van der Waals surface area contributed by atoms with Gasteiger partial charge < -0.3 is 10.2 Å². The van der Waals surface area contributed by atoms with E-state index in [1.807, 2.05) is 11.3 Å². The summed E-state index contributed by atoms with van der Waals surface area (Å²) in [6.45, 7) is 8.24. The number of nitrogens with one attached hydrogen (secondary N) is 1. The molecule has 1 saturated carbocycles. The maximum Gasteiger partial charge on any atom is 0.0300 e. The van der Waals surface area contributed by atoms with Gasteiger partial charge in [-0.15, -0.1) is 11.3 Å². The molecule has 2 heterocycles. The standard InChI is InChI=1S/C17H28N2S/c1-15-4-5-16(20-15)14-18-10-13-19-11-8-17(9-12-19)6-2-3-7-17/h4-5,18H,2-3,6-14H2,1H3. The molecule has 1 N–H and O–H groups in total. The summed E-state index contributed by atoms with van der Waals surface area (Å²) in [5.74, 6) is 0. The maximum atomic E-state index is 3.59. The van der Waals surface area contributed by atoms with E-state index in [9.17, 15) is 0 Å². The van der Waals surface area contributed by atoms with Crippen molar-refractivity contribution in [3.05, 3.63) is 21.9 Å². The highest BCUT2D eigenvalue weighted by molar-refractivity contribution is 7.11. The first-order chi connectivity index (χ1) is 9.76. The van der Waals surface area contributed by atoms with Crippen LogP contribution in [0.15, 0.2) is 12.1 Å². The van der Waals surface area contributed by atoms with Crippen molar-refractivity contribution in [2.75, 3.05) is 26.2 Å². The van der Waals surface area contributed by atoms with Crippen LogP contribution < -0.4 is 5.32 Å². The molecular formula is C17H28N2S. The highest BCUT2D eigenvalue weighted by atomic mass is 32.1. The van der Waals surface area contributed by atoms with E-state index in [0.29, 0.717) is 0 Å². The van der Waals surface area contributed by atoms with Crippen molar-refractivity contribution in [2.24, 2.45) is 5.41 Å². The Kier molecular flexibility index (Phi) is 4.79. The van der Waals surface area contributed by atoms with Gasteiger partial charge >= 0.3 is 0 Å². The van der Waals surface area contributed by atoms with Crippen LogP contribution in [0.3, 0.4) is 0 Å². The summed E-state index contributed by atoms with van der Waals surface area (Å²) in [6, 6.07) is 4.46. The number of hydrogen-bond acceptors (Lipinski definition) is 3. The van der Waals surface area contributed by atoms with E-state index in [1.54, 1.807) is 0 Å². The molecule has 20 heavy (non-hydrogen) atoms. The zero-order chi connectivity index (χ0) is 13.8. The second-order valence-electron chi connectivity index (χ2n) is 6.74. The summed E-state index contributed by atoms with van der Waals surface area (Å²) in [5.41, 5.74) is 0.762. The Hall–Kier alpha value is -0.380. The van der Waals surface area contributed by atoms with Crippen molar-refractivity contribution in [2.45, 2.75) is 52.0 Å². The van der Waals surface area contributed by atoms with Crippen LogP contribution in [0.1, 0.15) is 48.3 Å². The first-order valence-electron chi connectivity index (χ1n) is 8.24. The lowest BCUT2D eigenvalue weighted by Crippen LogP contribution is -2.41. The first-order valence-corrected chi connectivity index (χ1v) is 9.06. The Morgan fingerprint density at radius 2 is 1.90 bits per heavy atom.